The smallest absolute Gasteiger partial charge is 0.323 e. The highest BCUT2D eigenvalue weighted by atomic mass is 16.5. The first-order chi connectivity index (χ1) is 6.27. The largest absolute Gasteiger partial charge is 0.468 e. The molecule has 3 N–H and O–H groups in total. The van der Waals surface area contributed by atoms with Gasteiger partial charge in [-0.05, 0) is 7.05 Å². The lowest BCUT2D eigenvalue weighted by Crippen LogP contribution is -2.36. The van der Waals surface area contributed by atoms with E-state index in [4.69, 9.17) is 0 Å². The van der Waals surface area contributed by atoms with Gasteiger partial charge in [0.05, 0.1) is 13.8 Å². The number of likely N-dealkylation sites (N-methyl/N-ethyl adjacent to an activating group) is 1. The molecule has 0 bridgehead atoms. The minimum Gasteiger partial charge on any atom is -0.468 e. The number of carbonyl (C=O) groups excluding carboxylic acids is 1. The van der Waals surface area contributed by atoms with Crippen LogP contribution in [0.4, 0.5) is 0 Å². The molecule has 0 aliphatic carbocycles. The third-order valence-electron chi connectivity index (χ3n) is 1.95. The van der Waals surface area contributed by atoms with E-state index in [1.54, 1.807) is 7.05 Å². The van der Waals surface area contributed by atoms with Crippen molar-refractivity contribution in [3.05, 3.63) is 11.9 Å². The van der Waals surface area contributed by atoms with Crippen molar-refractivity contribution < 1.29 is 9.53 Å². The molecular weight excluding hydrogens is 170 g/mol. The summed E-state index contributed by atoms with van der Waals surface area (Å²) in [5.74, 6) is -0.239. The molecule has 0 fully saturated rings. The van der Waals surface area contributed by atoms with Crippen molar-refractivity contribution in [2.75, 3.05) is 20.8 Å². The van der Waals surface area contributed by atoms with Crippen molar-refractivity contribution in [3.63, 3.8) is 0 Å². The van der Waals surface area contributed by atoms with Gasteiger partial charge in [0.15, 0.2) is 0 Å². The normalized spacial score (nSPS) is 16.9. The van der Waals surface area contributed by atoms with Crippen LogP contribution in [-0.2, 0) is 9.53 Å². The lowest BCUT2D eigenvalue weighted by Gasteiger charge is -2.13. The molecule has 0 aromatic carbocycles. The summed E-state index contributed by atoms with van der Waals surface area (Å²) >= 11 is 0. The molecule has 1 rings (SSSR count). The van der Waals surface area contributed by atoms with Gasteiger partial charge in [-0.1, -0.05) is 0 Å². The fourth-order valence-corrected chi connectivity index (χ4v) is 1.19. The molecule has 0 amide bonds. The summed E-state index contributed by atoms with van der Waals surface area (Å²) in [5, 5.41) is 9.00. The summed E-state index contributed by atoms with van der Waals surface area (Å²) in [6, 6.07) is -0.274. The van der Waals surface area contributed by atoms with Crippen LogP contribution in [0, 0.1) is 0 Å². The molecule has 74 valence electrons. The van der Waals surface area contributed by atoms with Crippen LogP contribution in [0.15, 0.2) is 11.9 Å². The number of rotatable bonds is 4. The maximum Gasteiger partial charge on any atom is 0.323 e. The van der Waals surface area contributed by atoms with Crippen LogP contribution in [-0.4, -0.2) is 32.8 Å². The van der Waals surface area contributed by atoms with Crippen LogP contribution in [0.3, 0.4) is 0 Å². The van der Waals surface area contributed by atoms with Crippen molar-refractivity contribution in [1.29, 1.82) is 0 Å². The molecule has 0 saturated carbocycles. The average molecular weight is 185 g/mol. The van der Waals surface area contributed by atoms with Gasteiger partial charge in [-0.3, -0.25) is 4.79 Å². The van der Waals surface area contributed by atoms with E-state index < -0.39 is 0 Å². The first-order valence-corrected chi connectivity index (χ1v) is 4.19. The number of esters is 1. The number of hydrogen-bond acceptors (Lipinski definition) is 5. The van der Waals surface area contributed by atoms with E-state index in [1.807, 2.05) is 6.20 Å². The highest BCUT2D eigenvalue weighted by Gasteiger charge is 2.19. The average Bonchev–Trinajstić information content (AvgIpc) is 2.65. The predicted molar refractivity (Wildman–Crippen MR) is 48.7 cm³/mol. The Morgan fingerprint density at radius 1 is 1.85 bits per heavy atom. The molecule has 0 aromatic heterocycles. The summed E-state index contributed by atoms with van der Waals surface area (Å²) in [4.78, 5) is 11.2. The van der Waals surface area contributed by atoms with Gasteiger partial charge >= 0.3 is 5.97 Å². The molecule has 0 spiro atoms. The zero-order chi connectivity index (χ0) is 9.68. The van der Waals surface area contributed by atoms with Gasteiger partial charge in [0, 0.05) is 18.3 Å². The summed E-state index contributed by atoms with van der Waals surface area (Å²) in [5.41, 5.74) is 1.02. The van der Waals surface area contributed by atoms with E-state index in [9.17, 15) is 4.79 Å². The zero-order valence-electron chi connectivity index (χ0n) is 7.89. The molecule has 13 heavy (non-hydrogen) atoms. The lowest BCUT2D eigenvalue weighted by molar-refractivity contribution is -0.142. The molecule has 0 aromatic rings. The van der Waals surface area contributed by atoms with Crippen LogP contribution in [0.5, 0.6) is 0 Å². The number of methoxy groups -OCH3 is 1. The van der Waals surface area contributed by atoms with Crippen molar-refractivity contribution in [2.24, 2.45) is 0 Å². The topological polar surface area (TPSA) is 62.4 Å². The quantitative estimate of drug-likeness (QED) is 0.497. The van der Waals surface area contributed by atoms with Crippen LogP contribution in [0.2, 0.25) is 0 Å². The summed E-state index contributed by atoms with van der Waals surface area (Å²) < 4.78 is 4.64. The summed E-state index contributed by atoms with van der Waals surface area (Å²) in [6.07, 6.45) is 2.49. The van der Waals surface area contributed by atoms with Gasteiger partial charge in [0.25, 0.3) is 0 Å². The molecule has 1 unspecified atom stereocenters. The Balaban J connectivity index is 2.43. The Morgan fingerprint density at radius 3 is 3.08 bits per heavy atom. The van der Waals surface area contributed by atoms with E-state index >= 15 is 0 Å². The molecule has 5 nitrogen and oxygen atoms in total. The number of ether oxygens (including phenoxy) is 1. The monoisotopic (exact) mass is 185 g/mol. The highest BCUT2D eigenvalue weighted by molar-refractivity contribution is 5.75. The third-order valence-corrected chi connectivity index (χ3v) is 1.95. The fourth-order valence-electron chi connectivity index (χ4n) is 1.19. The Labute approximate surface area is 77.5 Å². The first-order valence-electron chi connectivity index (χ1n) is 4.19. The minimum atomic E-state index is -0.274. The van der Waals surface area contributed by atoms with E-state index in [1.165, 1.54) is 7.11 Å². The van der Waals surface area contributed by atoms with Gasteiger partial charge in [-0.25, -0.2) is 0 Å². The van der Waals surface area contributed by atoms with Crippen molar-refractivity contribution in [3.8, 4) is 0 Å². The molecule has 5 heteroatoms. The number of nitrogens with one attached hydrogen (secondary N) is 3. The Morgan fingerprint density at radius 2 is 2.62 bits per heavy atom. The van der Waals surface area contributed by atoms with Gasteiger partial charge < -0.3 is 20.7 Å². The number of hydrogen-bond donors (Lipinski definition) is 3. The molecular formula is C8H15N3O2. The third kappa shape index (κ3) is 2.62. The zero-order valence-corrected chi connectivity index (χ0v) is 7.89. The molecule has 0 saturated heterocycles. The van der Waals surface area contributed by atoms with Gasteiger partial charge in [0.2, 0.25) is 0 Å². The molecule has 1 aliphatic rings. The summed E-state index contributed by atoms with van der Waals surface area (Å²) in [7, 11) is 3.13. The van der Waals surface area contributed by atoms with E-state index in [-0.39, 0.29) is 12.0 Å². The first kappa shape index (κ1) is 9.85. The second-order valence-electron chi connectivity index (χ2n) is 2.80. The van der Waals surface area contributed by atoms with E-state index in [0.29, 0.717) is 6.42 Å². The minimum absolute atomic E-state index is 0.239. The highest BCUT2D eigenvalue weighted by Crippen LogP contribution is 2.04. The Kier molecular flexibility index (Phi) is 3.57. The van der Waals surface area contributed by atoms with Crippen molar-refractivity contribution in [1.82, 2.24) is 16.0 Å². The van der Waals surface area contributed by atoms with E-state index in [0.717, 1.165) is 12.4 Å². The maximum absolute atomic E-state index is 11.2. The Hall–Kier alpha value is -1.23. The van der Waals surface area contributed by atoms with Crippen LogP contribution in [0.1, 0.15) is 6.42 Å². The van der Waals surface area contributed by atoms with Crippen molar-refractivity contribution in [2.45, 2.75) is 12.5 Å². The fraction of sp³-hybridized carbons (Fsp3) is 0.625. The standard InChI is InChI=1S/C8H15N3O2/c1-9-7(8(12)13-2)3-6-4-10-5-11-6/h4,7,9-11H,3,5H2,1-2H3. The second kappa shape index (κ2) is 4.71. The lowest BCUT2D eigenvalue weighted by atomic mass is 10.2. The van der Waals surface area contributed by atoms with Gasteiger partial charge in [0.1, 0.15) is 6.04 Å². The molecule has 1 aliphatic heterocycles. The van der Waals surface area contributed by atoms with Crippen LogP contribution in [0.25, 0.3) is 0 Å². The molecule has 0 radical (unpaired) electrons. The predicted octanol–water partition coefficient (Wildman–Crippen LogP) is -0.871. The molecule has 1 heterocycles. The van der Waals surface area contributed by atoms with Crippen LogP contribution < -0.4 is 16.0 Å². The van der Waals surface area contributed by atoms with Crippen molar-refractivity contribution >= 4 is 5.97 Å². The molecule has 1 atom stereocenters. The van der Waals surface area contributed by atoms with E-state index in [2.05, 4.69) is 20.7 Å². The SMILES string of the molecule is CNC(CC1=CNCN1)C(=O)OC. The van der Waals surface area contributed by atoms with Gasteiger partial charge in [-0.15, -0.1) is 0 Å². The second-order valence-corrected chi connectivity index (χ2v) is 2.80. The maximum atomic E-state index is 11.2. The van der Waals surface area contributed by atoms with Gasteiger partial charge in [-0.2, -0.15) is 0 Å². The number of carbonyl (C=O) groups is 1. The summed E-state index contributed by atoms with van der Waals surface area (Å²) in [6.45, 7) is 0.729. The van der Waals surface area contributed by atoms with Crippen LogP contribution >= 0.6 is 0 Å². The Bertz CT molecular complexity index is 215.